The number of hydrogen-bond acceptors (Lipinski definition) is 4. The van der Waals surface area contributed by atoms with Gasteiger partial charge in [0.2, 0.25) is 0 Å². The number of alkyl halides is 3. The zero-order valence-corrected chi connectivity index (χ0v) is 16.5. The van der Waals surface area contributed by atoms with E-state index in [0.29, 0.717) is 42.3 Å². The second-order valence-corrected chi connectivity index (χ2v) is 7.35. The van der Waals surface area contributed by atoms with Gasteiger partial charge in [0.1, 0.15) is 17.3 Å². The van der Waals surface area contributed by atoms with Gasteiger partial charge < -0.3 is 10.2 Å². The van der Waals surface area contributed by atoms with Crippen molar-refractivity contribution in [3.8, 4) is 11.3 Å². The molecule has 1 atom stereocenters. The molecule has 6 nitrogen and oxygen atoms in total. The molecule has 162 valence electrons. The van der Waals surface area contributed by atoms with Gasteiger partial charge in [-0.1, -0.05) is 0 Å². The number of benzene rings is 1. The summed E-state index contributed by atoms with van der Waals surface area (Å²) in [5, 5.41) is 7.25. The molecule has 1 fully saturated rings. The van der Waals surface area contributed by atoms with Crippen molar-refractivity contribution in [2.75, 3.05) is 18.0 Å². The standard InChI is InChI=1S/C21H19F4N5O/c1-29-18(10-17(28-29)13-2-5-15(22)6-3-13)20(31)27-16-8-9-30(12-16)19-7-4-14(11-26-19)21(23,24)25/h2-7,10-11,16H,8-9,12H2,1H3,(H,27,31). The first-order valence-corrected chi connectivity index (χ1v) is 9.60. The first-order valence-electron chi connectivity index (χ1n) is 9.60. The molecule has 1 amide bonds. The number of hydrogen-bond donors (Lipinski definition) is 1. The molecule has 1 aliphatic heterocycles. The fourth-order valence-corrected chi connectivity index (χ4v) is 3.53. The third-order valence-corrected chi connectivity index (χ3v) is 5.18. The number of rotatable bonds is 4. The second kappa shape index (κ2) is 8.01. The van der Waals surface area contributed by atoms with Crippen LogP contribution in [-0.4, -0.2) is 39.8 Å². The number of anilines is 1. The third-order valence-electron chi connectivity index (χ3n) is 5.18. The summed E-state index contributed by atoms with van der Waals surface area (Å²) in [6, 6.07) is 9.62. The Morgan fingerprint density at radius 1 is 1.16 bits per heavy atom. The lowest BCUT2D eigenvalue weighted by Gasteiger charge is -2.18. The number of amides is 1. The van der Waals surface area contributed by atoms with Crippen LogP contribution in [0.2, 0.25) is 0 Å². The summed E-state index contributed by atoms with van der Waals surface area (Å²) in [7, 11) is 1.65. The van der Waals surface area contributed by atoms with Crippen molar-refractivity contribution in [3.63, 3.8) is 0 Å². The predicted molar refractivity (Wildman–Crippen MR) is 106 cm³/mol. The fourth-order valence-electron chi connectivity index (χ4n) is 3.53. The molecule has 1 aromatic carbocycles. The number of aryl methyl sites for hydroxylation is 1. The number of pyridine rings is 1. The minimum atomic E-state index is -4.43. The minimum Gasteiger partial charge on any atom is -0.354 e. The van der Waals surface area contributed by atoms with Gasteiger partial charge in [-0.05, 0) is 48.9 Å². The van der Waals surface area contributed by atoms with Crippen LogP contribution in [0.4, 0.5) is 23.4 Å². The zero-order valence-electron chi connectivity index (χ0n) is 16.5. The first-order chi connectivity index (χ1) is 14.7. The van der Waals surface area contributed by atoms with Crippen molar-refractivity contribution in [3.05, 3.63) is 65.7 Å². The summed E-state index contributed by atoms with van der Waals surface area (Å²) < 4.78 is 52.7. The van der Waals surface area contributed by atoms with E-state index in [-0.39, 0.29) is 17.8 Å². The van der Waals surface area contributed by atoms with Gasteiger partial charge in [-0.25, -0.2) is 9.37 Å². The molecule has 3 aromatic rings. The van der Waals surface area contributed by atoms with E-state index in [1.807, 2.05) is 4.90 Å². The maximum atomic E-state index is 13.1. The van der Waals surface area contributed by atoms with Gasteiger partial charge >= 0.3 is 6.18 Å². The normalized spacial score (nSPS) is 16.5. The molecule has 1 N–H and O–H groups in total. The molecule has 0 saturated carbocycles. The highest BCUT2D eigenvalue weighted by molar-refractivity contribution is 5.94. The molecule has 0 aliphatic carbocycles. The average molecular weight is 433 g/mol. The van der Waals surface area contributed by atoms with Gasteiger partial charge in [0.25, 0.3) is 5.91 Å². The Hall–Kier alpha value is -3.43. The van der Waals surface area contributed by atoms with Crippen LogP contribution in [0, 0.1) is 5.82 Å². The molecular weight excluding hydrogens is 414 g/mol. The van der Waals surface area contributed by atoms with Crippen molar-refractivity contribution in [1.82, 2.24) is 20.1 Å². The molecule has 10 heteroatoms. The average Bonchev–Trinajstić information content (AvgIpc) is 3.35. The Kier molecular flexibility index (Phi) is 5.38. The van der Waals surface area contributed by atoms with Gasteiger partial charge in [0.05, 0.1) is 11.3 Å². The fraction of sp³-hybridized carbons (Fsp3) is 0.286. The maximum Gasteiger partial charge on any atom is 0.417 e. The number of nitrogens with one attached hydrogen (secondary N) is 1. The number of halogens is 4. The van der Waals surface area contributed by atoms with Crippen LogP contribution in [0.5, 0.6) is 0 Å². The van der Waals surface area contributed by atoms with E-state index in [1.165, 1.54) is 22.9 Å². The monoisotopic (exact) mass is 433 g/mol. The number of nitrogens with zero attached hydrogens (tertiary/aromatic N) is 4. The quantitative estimate of drug-likeness (QED) is 0.638. The van der Waals surface area contributed by atoms with Gasteiger partial charge in [-0.3, -0.25) is 9.48 Å². The van der Waals surface area contributed by atoms with E-state index in [4.69, 9.17) is 0 Å². The highest BCUT2D eigenvalue weighted by Crippen LogP contribution is 2.30. The second-order valence-electron chi connectivity index (χ2n) is 7.35. The van der Waals surface area contributed by atoms with E-state index in [0.717, 1.165) is 12.3 Å². The molecular formula is C21H19F4N5O. The minimum absolute atomic E-state index is 0.180. The lowest BCUT2D eigenvalue weighted by atomic mass is 10.1. The summed E-state index contributed by atoms with van der Waals surface area (Å²) in [6.45, 7) is 1.00. The summed E-state index contributed by atoms with van der Waals surface area (Å²) in [4.78, 5) is 18.5. The smallest absolute Gasteiger partial charge is 0.354 e. The Morgan fingerprint density at radius 3 is 2.55 bits per heavy atom. The van der Waals surface area contributed by atoms with Crippen molar-refractivity contribution in [2.24, 2.45) is 7.05 Å². The molecule has 1 aliphatic rings. The summed E-state index contributed by atoms with van der Waals surface area (Å²) in [6.07, 6.45) is -2.98. The van der Waals surface area contributed by atoms with Gasteiger partial charge in [0, 0.05) is 37.9 Å². The van der Waals surface area contributed by atoms with Crippen LogP contribution < -0.4 is 10.2 Å². The van der Waals surface area contributed by atoms with Crippen molar-refractivity contribution >= 4 is 11.7 Å². The number of carbonyl (C=O) groups excluding carboxylic acids is 1. The molecule has 1 saturated heterocycles. The SMILES string of the molecule is Cn1nc(-c2ccc(F)cc2)cc1C(=O)NC1CCN(c2ccc(C(F)(F)F)cn2)C1. The summed E-state index contributed by atoms with van der Waals surface area (Å²) in [5.41, 5.74) is 0.796. The van der Waals surface area contributed by atoms with Crippen molar-refractivity contribution in [1.29, 1.82) is 0 Å². The maximum absolute atomic E-state index is 13.1. The number of carbonyl (C=O) groups is 1. The Balaban J connectivity index is 1.40. The topological polar surface area (TPSA) is 63.1 Å². The van der Waals surface area contributed by atoms with Gasteiger partial charge in [0.15, 0.2) is 0 Å². The molecule has 2 aromatic heterocycles. The lowest BCUT2D eigenvalue weighted by Crippen LogP contribution is -2.38. The Labute approximate surface area is 175 Å². The Morgan fingerprint density at radius 2 is 1.90 bits per heavy atom. The van der Waals surface area contributed by atoms with E-state index in [9.17, 15) is 22.4 Å². The van der Waals surface area contributed by atoms with Crippen LogP contribution in [0.1, 0.15) is 22.5 Å². The molecule has 3 heterocycles. The van der Waals surface area contributed by atoms with Gasteiger partial charge in [-0.2, -0.15) is 18.3 Å². The molecule has 31 heavy (non-hydrogen) atoms. The first kappa shape index (κ1) is 20.8. The lowest BCUT2D eigenvalue weighted by molar-refractivity contribution is -0.137. The molecule has 1 unspecified atom stereocenters. The Bertz CT molecular complexity index is 1080. The molecule has 4 rings (SSSR count). The van der Waals surface area contributed by atoms with Gasteiger partial charge in [-0.15, -0.1) is 0 Å². The summed E-state index contributed by atoms with van der Waals surface area (Å²) in [5.74, 6) is -0.231. The van der Waals surface area contributed by atoms with Crippen LogP contribution in [0.25, 0.3) is 11.3 Å². The third kappa shape index (κ3) is 4.52. The van der Waals surface area contributed by atoms with Crippen molar-refractivity contribution in [2.45, 2.75) is 18.6 Å². The van der Waals surface area contributed by atoms with E-state index in [1.54, 1.807) is 25.2 Å². The van der Waals surface area contributed by atoms with Crippen LogP contribution in [-0.2, 0) is 13.2 Å². The highest BCUT2D eigenvalue weighted by atomic mass is 19.4. The van der Waals surface area contributed by atoms with Crippen molar-refractivity contribution < 1.29 is 22.4 Å². The molecule has 0 radical (unpaired) electrons. The van der Waals surface area contributed by atoms with E-state index in [2.05, 4.69) is 15.4 Å². The molecule has 0 bridgehead atoms. The van der Waals surface area contributed by atoms with E-state index >= 15 is 0 Å². The summed E-state index contributed by atoms with van der Waals surface area (Å²) >= 11 is 0. The largest absolute Gasteiger partial charge is 0.417 e. The van der Waals surface area contributed by atoms with E-state index < -0.39 is 11.7 Å². The van der Waals surface area contributed by atoms with Crippen LogP contribution in [0.3, 0.4) is 0 Å². The number of aromatic nitrogens is 3. The molecule has 0 spiro atoms. The highest BCUT2D eigenvalue weighted by Gasteiger charge is 2.32. The van der Waals surface area contributed by atoms with Crippen LogP contribution >= 0.6 is 0 Å². The predicted octanol–water partition coefficient (Wildman–Crippen LogP) is 3.65. The zero-order chi connectivity index (χ0) is 22.2. The van der Waals surface area contributed by atoms with Crippen LogP contribution in [0.15, 0.2) is 48.7 Å².